The summed E-state index contributed by atoms with van der Waals surface area (Å²) < 4.78 is 31.9. The molecular weight excluding hydrogens is 460 g/mol. The van der Waals surface area contributed by atoms with Crippen LogP contribution < -0.4 is 14.8 Å². The van der Waals surface area contributed by atoms with Crippen LogP contribution in [0.3, 0.4) is 0 Å². The number of anilines is 2. The third-order valence-electron chi connectivity index (χ3n) is 4.82. The van der Waals surface area contributed by atoms with E-state index in [-0.39, 0.29) is 4.90 Å². The zero-order valence-corrected chi connectivity index (χ0v) is 19.9. The molecule has 0 aliphatic heterocycles. The van der Waals surface area contributed by atoms with E-state index in [0.29, 0.717) is 18.1 Å². The molecule has 0 saturated heterocycles. The lowest BCUT2D eigenvalue weighted by molar-refractivity contribution is -0.117. The molecule has 0 aliphatic carbocycles. The Balaban J connectivity index is 1.70. The van der Waals surface area contributed by atoms with Crippen LogP contribution in [0.2, 0.25) is 0 Å². The van der Waals surface area contributed by atoms with E-state index in [1.165, 1.54) is 18.5 Å². The number of amides is 1. The quantitative estimate of drug-likeness (QED) is 0.395. The number of nitrogens with one attached hydrogen (secondary N) is 2. The molecule has 8 nitrogen and oxygen atoms in total. The summed E-state index contributed by atoms with van der Waals surface area (Å²) in [5.74, 6) is 0.781. The zero-order valence-electron chi connectivity index (χ0n) is 18.2. The van der Waals surface area contributed by atoms with Crippen LogP contribution in [-0.4, -0.2) is 30.9 Å². The molecule has 0 unspecified atom stereocenters. The van der Waals surface area contributed by atoms with Gasteiger partial charge in [0.2, 0.25) is 5.91 Å². The van der Waals surface area contributed by atoms with E-state index in [9.17, 15) is 13.2 Å². The van der Waals surface area contributed by atoms with Crippen molar-refractivity contribution in [3.05, 3.63) is 59.7 Å². The Bertz CT molecular complexity index is 1410. The Morgan fingerprint density at radius 3 is 2.39 bits per heavy atom. The predicted octanol–water partition coefficient (Wildman–Crippen LogP) is 4.63. The lowest BCUT2D eigenvalue weighted by Gasteiger charge is -2.11. The molecule has 4 rings (SSSR count). The van der Waals surface area contributed by atoms with Crippen LogP contribution in [0.1, 0.15) is 18.7 Å². The highest BCUT2D eigenvalue weighted by atomic mass is 32.2. The third kappa shape index (κ3) is 4.81. The molecule has 2 N–H and O–H groups in total. The summed E-state index contributed by atoms with van der Waals surface area (Å²) in [5.41, 5.74) is 2.71. The van der Waals surface area contributed by atoms with Gasteiger partial charge in [-0.2, -0.15) is 0 Å². The molecule has 2 aromatic carbocycles. The molecule has 4 aromatic rings. The largest absolute Gasteiger partial charge is 0.494 e. The molecule has 33 heavy (non-hydrogen) atoms. The Labute approximate surface area is 195 Å². The molecule has 0 fully saturated rings. The first-order chi connectivity index (χ1) is 15.8. The van der Waals surface area contributed by atoms with Gasteiger partial charge in [-0.3, -0.25) is 4.79 Å². The molecule has 0 spiro atoms. The number of carbonyl (C=O) groups is 1. The summed E-state index contributed by atoms with van der Waals surface area (Å²) >= 11 is 1.58. The zero-order chi connectivity index (χ0) is 23.6. The van der Waals surface area contributed by atoms with E-state index >= 15 is 0 Å². The van der Waals surface area contributed by atoms with Crippen molar-refractivity contribution in [1.29, 1.82) is 0 Å². The van der Waals surface area contributed by atoms with Gasteiger partial charge in [0.1, 0.15) is 22.7 Å². The van der Waals surface area contributed by atoms with Crippen LogP contribution >= 0.6 is 11.3 Å². The number of fused-ring (bicyclic) bond motifs is 1. The number of hydrogen-bond donors (Lipinski definition) is 2. The summed E-state index contributed by atoms with van der Waals surface area (Å²) in [6.45, 7) is 5.75. The molecule has 2 aromatic heterocycles. The van der Waals surface area contributed by atoms with Gasteiger partial charge in [0, 0.05) is 23.1 Å². The fourth-order valence-corrected chi connectivity index (χ4v) is 5.48. The Kier molecular flexibility index (Phi) is 6.30. The first-order valence-electron chi connectivity index (χ1n) is 10.2. The van der Waals surface area contributed by atoms with Crippen LogP contribution in [-0.2, 0) is 14.8 Å². The normalized spacial score (nSPS) is 11.4. The monoisotopic (exact) mass is 482 g/mol. The fraction of sp³-hybridized carbons (Fsp3) is 0.174. The van der Waals surface area contributed by atoms with Crippen molar-refractivity contribution in [1.82, 2.24) is 14.7 Å². The maximum atomic E-state index is 12.2. The van der Waals surface area contributed by atoms with Gasteiger partial charge in [-0.15, -0.1) is 11.3 Å². The first kappa shape index (κ1) is 22.7. The number of thiophene rings is 1. The molecule has 2 heterocycles. The lowest BCUT2D eigenvalue weighted by atomic mass is 10.0. The minimum absolute atomic E-state index is 0.00228. The number of ether oxygens (including phenoxy) is 1. The van der Waals surface area contributed by atoms with Gasteiger partial charge in [0.05, 0.1) is 16.9 Å². The Morgan fingerprint density at radius 1 is 1.06 bits per heavy atom. The van der Waals surface area contributed by atoms with Gasteiger partial charge in [0.15, 0.2) is 0 Å². The van der Waals surface area contributed by atoms with E-state index in [0.717, 1.165) is 38.9 Å². The van der Waals surface area contributed by atoms with E-state index in [1.54, 1.807) is 23.5 Å². The molecular formula is C23H22N4O4S2. The van der Waals surface area contributed by atoms with Gasteiger partial charge in [-0.1, -0.05) is 12.1 Å². The molecule has 0 saturated carbocycles. The molecule has 170 valence electrons. The third-order valence-corrected chi connectivity index (χ3v) is 7.29. The lowest BCUT2D eigenvalue weighted by Crippen LogP contribution is -2.28. The number of hydrogen-bond acceptors (Lipinski definition) is 8. The molecule has 0 radical (unpaired) electrons. The minimum Gasteiger partial charge on any atom is -0.494 e. The highest BCUT2D eigenvalue weighted by Gasteiger charge is 2.18. The number of aromatic nitrogens is 2. The van der Waals surface area contributed by atoms with E-state index in [1.807, 2.05) is 42.8 Å². The molecule has 10 heteroatoms. The van der Waals surface area contributed by atoms with Crippen molar-refractivity contribution in [2.24, 2.45) is 0 Å². The standard InChI is InChI=1S/C23H22N4O4S2/c1-4-31-18-9-5-16(6-10-18)20-14(2)32-23-21(20)22(24-13-25-23)26-17-7-11-19(12-8-17)33(29,30)27-15(3)28/h5-13H,4H2,1-3H3,(H,27,28)(H,24,25,26). The minimum atomic E-state index is -3.89. The van der Waals surface area contributed by atoms with Crippen molar-refractivity contribution in [3.8, 4) is 16.9 Å². The average molecular weight is 483 g/mol. The van der Waals surface area contributed by atoms with Crippen molar-refractivity contribution >= 4 is 49.0 Å². The van der Waals surface area contributed by atoms with Crippen LogP contribution in [0.15, 0.2) is 59.8 Å². The molecule has 0 bridgehead atoms. The highest BCUT2D eigenvalue weighted by molar-refractivity contribution is 7.90. The Hall–Kier alpha value is -3.50. The summed E-state index contributed by atoms with van der Waals surface area (Å²) in [4.78, 5) is 22.0. The summed E-state index contributed by atoms with van der Waals surface area (Å²) in [6.07, 6.45) is 1.50. The van der Waals surface area contributed by atoms with E-state index in [4.69, 9.17) is 4.74 Å². The SMILES string of the molecule is CCOc1ccc(-c2c(C)sc3ncnc(Nc4ccc(S(=O)(=O)NC(C)=O)cc4)c23)cc1. The summed E-state index contributed by atoms with van der Waals surface area (Å²) in [6, 6.07) is 14.0. The Morgan fingerprint density at radius 2 is 1.76 bits per heavy atom. The van der Waals surface area contributed by atoms with Crippen LogP contribution in [0.4, 0.5) is 11.5 Å². The van der Waals surface area contributed by atoms with Crippen molar-refractivity contribution in [3.63, 3.8) is 0 Å². The molecule has 0 atom stereocenters. The van der Waals surface area contributed by atoms with Crippen molar-refractivity contribution in [2.75, 3.05) is 11.9 Å². The number of benzene rings is 2. The second kappa shape index (κ2) is 9.16. The van der Waals surface area contributed by atoms with Gasteiger partial charge in [-0.25, -0.2) is 23.1 Å². The van der Waals surface area contributed by atoms with E-state index in [2.05, 4.69) is 15.3 Å². The number of carbonyl (C=O) groups excluding carboxylic acids is 1. The van der Waals surface area contributed by atoms with Crippen molar-refractivity contribution < 1.29 is 17.9 Å². The number of nitrogens with zero attached hydrogens (tertiary/aromatic N) is 2. The maximum absolute atomic E-state index is 12.2. The van der Waals surface area contributed by atoms with Crippen molar-refractivity contribution in [2.45, 2.75) is 25.7 Å². The van der Waals surface area contributed by atoms with Crippen LogP contribution in [0.25, 0.3) is 21.3 Å². The predicted molar refractivity (Wildman–Crippen MR) is 129 cm³/mol. The summed E-state index contributed by atoms with van der Waals surface area (Å²) in [5, 5.41) is 4.16. The second-order valence-corrected chi connectivity index (χ2v) is 10.1. The highest BCUT2D eigenvalue weighted by Crippen LogP contribution is 2.41. The fourth-order valence-electron chi connectivity index (χ4n) is 3.47. The first-order valence-corrected chi connectivity index (χ1v) is 12.5. The summed E-state index contributed by atoms with van der Waals surface area (Å²) in [7, 11) is -3.89. The van der Waals surface area contributed by atoms with Gasteiger partial charge in [0.25, 0.3) is 10.0 Å². The van der Waals surface area contributed by atoms with Gasteiger partial charge in [-0.05, 0) is 55.8 Å². The van der Waals surface area contributed by atoms with Crippen LogP contribution in [0.5, 0.6) is 5.75 Å². The number of sulfonamides is 1. The molecule has 1 amide bonds. The van der Waals surface area contributed by atoms with Gasteiger partial charge < -0.3 is 10.1 Å². The number of aryl methyl sites for hydroxylation is 1. The smallest absolute Gasteiger partial charge is 0.264 e. The maximum Gasteiger partial charge on any atom is 0.264 e. The second-order valence-electron chi connectivity index (χ2n) is 7.20. The van der Waals surface area contributed by atoms with Crippen LogP contribution in [0, 0.1) is 6.92 Å². The van der Waals surface area contributed by atoms with Gasteiger partial charge >= 0.3 is 0 Å². The number of rotatable bonds is 7. The topological polar surface area (TPSA) is 110 Å². The average Bonchev–Trinajstić information content (AvgIpc) is 3.11. The molecule has 0 aliphatic rings. The van der Waals surface area contributed by atoms with E-state index < -0.39 is 15.9 Å².